The number of hydrogen-bond acceptors (Lipinski definition) is 3. The standard InChI is InChI=1S/C17H28FN3O2.HI/c1-4-19-17(20-10-6-7-11-23-5-2)21-13-14-8-9-16(22-3)15(18)12-14;/h8-9,12H,4-7,10-11,13H2,1-3H3,(H2,19,20,21);1H. The lowest BCUT2D eigenvalue weighted by atomic mass is 10.2. The van der Waals surface area contributed by atoms with Gasteiger partial charge in [-0.25, -0.2) is 9.38 Å². The maximum Gasteiger partial charge on any atom is 0.191 e. The van der Waals surface area contributed by atoms with Crippen LogP contribution in [-0.2, 0) is 11.3 Å². The van der Waals surface area contributed by atoms with Gasteiger partial charge in [0.25, 0.3) is 0 Å². The molecule has 0 aromatic heterocycles. The Bertz CT molecular complexity index is 487. The van der Waals surface area contributed by atoms with E-state index in [4.69, 9.17) is 9.47 Å². The molecule has 0 atom stereocenters. The van der Waals surface area contributed by atoms with Crippen LogP contribution in [0.5, 0.6) is 5.75 Å². The lowest BCUT2D eigenvalue weighted by molar-refractivity contribution is 0.143. The summed E-state index contributed by atoms with van der Waals surface area (Å²) in [6.45, 7) is 7.58. The van der Waals surface area contributed by atoms with Gasteiger partial charge in [-0.2, -0.15) is 0 Å². The fraction of sp³-hybridized carbons (Fsp3) is 0.588. The number of nitrogens with one attached hydrogen (secondary N) is 2. The van der Waals surface area contributed by atoms with Crippen LogP contribution in [-0.4, -0.2) is 39.4 Å². The summed E-state index contributed by atoms with van der Waals surface area (Å²) in [5, 5.41) is 6.45. The van der Waals surface area contributed by atoms with E-state index < -0.39 is 0 Å². The van der Waals surface area contributed by atoms with Gasteiger partial charge in [-0.1, -0.05) is 6.07 Å². The van der Waals surface area contributed by atoms with Crippen molar-refractivity contribution in [2.24, 2.45) is 4.99 Å². The van der Waals surface area contributed by atoms with Gasteiger partial charge in [-0.15, -0.1) is 24.0 Å². The fourth-order valence-electron chi connectivity index (χ4n) is 2.00. The summed E-state index contributed by atoms with van der Waals surface area (Å²) >= 11 is 0. The minimum atomic E-state index is -0.367. The molecule has 0 radical (unpaired) electrons. The van der Waals surface area contributed by atoms with Gasteiger partial charge >= 0.3 is 0 Å². The molecule has 0 fully saturated rings. The van der Waals surface area contributed by atoms with Crippen molar-refractivity contribution < 1.29 is 13.9 Å². The van der Waals surface area contributed by atoms with Gasteiger partial charge in [0.2, 0.25) is 0 Å². The summed E-state index contributed by atoms with van der Waals surface area (Å²) in [5.74, 6) is 0.617. The van der Waals surface area contributed by atoms with E-state index in [9.17, 15) is 4.39 Å². The first-order valence-corrected chi connectivity index (χ1v) is 8.13. The third-order valence-corrected chi connectivity index (χ3v) is 3.19. The van der Waals surface area contributed by atoms with Gasteiger partial charge in [0.05, 0.1) is 13.7 Å². The molecule has 1 aromatic rings. The van der Waals surface area contributed by atoms with Crippen molar-refractivity contribution in [3.63, 3.8) is 0 Å². The second kappa shape index (κ2) is 14.3. The number of aliphatic imine (C=N–C) groups is 1. The quantitative estimate of drug-likeness (QED) is 0.247. The Morgan fingerprint density at radius 3 is 2.62 bits per heavy atom. The average molecular weight is 453 g/mol. The van der Waals surface area contributed by atoms with Crippen LogP contribution in [0.1, 0.15) is 32.3 Å². The molecule has 7 heteroatoms. The molecule has 0 aliphatic carbocycles. The van der Waals surface area contributed by atoms with Gasteiger partial charge in [0.15, 0.2) is 17.5 Å². The van der Waals surface area contributed by atoms with Gasteiger partial charge in [-0.05, 0) is 44.4 Å². The number of rotatable bonds is 10. The Morgan fingerprint density at radius 1 is 1.21 bits per heavy atom. The largest absolute Gasteiger partial charge is 0.494 e. The zero-order valence-corrected chi connectivity index (χ0v) is 17.1. The predicted octanol–water partition coefficient (Wildman–Crippen LogP) is 3.32. The van der Waals surface area contributed by atoms with Crippen molar-refractivity contribution in [1.29, 1.82) is 0 Å². The van der Waals surface area contributed by atoms with Gasteiger partial charge in [0.1, 0.15) is 0 Å². The number of methoxy groups -OCH3 is 1. The van der Waals surface area contributed by atoms with E-state index in [-0.39, 0.29) is 35.5 Å². The summed E-state index contributed by atoms with van der Waals surface area (Å²) in [6.07, 6.45) is 2.03. The van der Waals surface area contributed by atoms with E-state index in [0.717, 1.165) is 50.7 Å². The first-order valence-electron chi connectivity index (χ1n) is 8.13. The highest BCUT2D eigenvalue weighted by Crippen LogP contribution is 2.17. The highest BCUT2D eigenvalue weighted by atomic mass is 127. The Morgan fingerprint density at radius 2 is 2.00 bits per heavy atom. The molecule has 0 saturated heterocycles. The van der Waals surface area contributed by atoms with Crippen molar-refractivity contribution in [2.45, 2.75) is 33.2 Å². The number of guanidine groups is 1. The van der Waals surface area contributed by atoms with Crippen molar-refractivity contribution in [1.82, 2.24) is 10.6 Å². The summed E-state index contributed by atoms with van der Waals surface area (Å²) in [4.78, 5) is 4.47. The molecular formula is C17H29FIN3O2. The topological polar surface area (TPSA) is 54.9 Å². The predicted molar refractivity (Wildman–Crippen MR) is 107 cm³/mol. The Kier molecular flexibility index (Phi) is 13.6. The van der Waals surface area contributed by atoms with E-state index in [2.05, 4.69) is 15.6 Å². The molecule has 0 aliphatic heterocycles. The van der Waals surface area contributed by atoms with Crippen LogP contribution in [0.25, 0.3) is 0 Å². The monoisotopic (exact) mass is 453 g/mol. The van der Waals surface area contributed by atoms with E-state index in [1.165, 1.54) is 13.2 Å². The smallest absolute Gasteiger partial charge is 0.191 e. The molecule has 0 unspecified atom stereocenters. The zero-order chi connectivity index (χ0) is 16.9. The third-order valence-electron chi connectivity index (χ3n) is 3.19. The van der Waals surface area contributed by atoms with Gasteiger partial charge in [0, 0.05) is 26.3 Å². The highest BCUT2D eigenvalue weighted by Gasteiger charge is 2.03. The lowest BCUT2D eigenvalue weighted by Gasteiger charge is -2.11. The molecule has 1 rings (SSSR count). The summed E-state index contributed by atoms with van der Waals surface area (Å²) in [6, 6.07) is 4.89. The molecule has 0 saturated carbocycles. The number of nitrogens with zero attached hydrogens (tertiary/aromatic N) is 1. The molecule has 1 aromatic carbocycles. The number of unbranched alkanes of at least 4 members (excludes halogenated alkanes) is 1. The molecule has 5 nitrogen and oxygen atoms in total. The minimum absolute atomic E-state index is 0. The SMILES string of the molecule is CCNC(=NCc1ccc(OC)c(F)c1)NCCCCOCC.I. The van der Waals surface area contributed by atoms with Crippen molar-refractivity contribution in [2.75, 3.05) is 33.4 Å². The molecule has 0 spiro atoms. The maximum absolute atomic E-state index is 13.7. The Labute approximate surface area is 161 Å². The average Bonchev–Trinajstić information content (AvgIpc) is 2.55. The zero-order valence-electron chi connectivity index (χ0n) is 14.7. The highest BCUT2D eigenvalue weighted by molar-refractivity contribution is 14.0. The fourth-order valence-corrected chi connectivity index (χ4v) is 2.00. The van der Waals surface area contributed by atoms with Gasteiger partial charge < -0.3 is 20.1 Å². The van der Waals surface area contributed by atoms with E-state index in [0.29, 0.717) is 6.54 Å². The van der Waals surface area contributed by atoms with E-state index >= 15 is 0 Å². The maximum atomic E-state index is 13.7. The Balaban J connectivity index is 0.00000529. The van der Waals surface area contributed by atoms with Crippen LogP contribution in [0, 0.1) is 5.82 Å². The summed E-state index contributed by atoms with van der Waals surface area (Å²) < 4.78 is 23.9. The van der Waals surface area contributed by atoms with Crippen LogP contribution in [0.3, 0.4) is 0 Å². The number of benzene rings is 1. The van der Waals surface area contributed by atoms with Crippen molar-refractivity contribution in [3.05, 3.63) is 29.6 Å². The van der Waals surface area contributed by atoms with Crippen molar-refractivity contribution >= 4 is 29.9 Å². The van der Waals surface area contributed by atoms with E-state index in [1.54, 1.807) is 6.07 Å². The molecular weight excluding hydrogens is 424 g/mol. The van der Waals surface area contributed by atoms with Crippen molar-refractivity contribution in [3.8, 4) is 5.75 Å². The molecule has 24 heavy (non-hydrogen) atoms. The lowest BCUT2D eigenvalue weighted by Crippen LogP contribution is -2.37. The second-order valence-electron chi connectivity index (χ2n) is 4.99. The molecule has 138 valence electrons. The molecule has 0 heterocycles. The van der Waals surface area contributed by atoms with Crippen LogP contribution in [0.4, 0.5) is 4.39 Å². The minimum Gasteiger partial charge on any atom is -0.494 e. The summed E-state index contributed by atoms with van der Waals surface area (Å²) in [7, 11) is 1.45. The molecule has 0 amide bonds. The van der Waals surface area contributed by atoms with Crippen LogP contribution in [0.2, 0.25) is 0 Å². The first kappa shape index (κ1) is 22.9. The molecule has 0 bridgehead atoms. The Hall–Kier alpha value is -1.09. The summed E-state index contributed by atoms with van der Waals surface area (Å²) in [5.41, 5.74) is 0.803. The van der Waals surface area contributed by atoms with Crippen LogP contribution in [0.15, 0.2) is 23.2 Å². The number of ether oxygens (including phenoxy) is 2. The van der Waals surface area contributed by atoms with Crippen LogP contribution >= 0.6 is 24.0 Å². The van der Waals surface area contributed by atoms with Crippen LogP contribution < -0.4 is 15.4 Å². The third kappa shape index (κ3) is 9.27. The first-order chi connectivity index (χ1) is 11.2. The molecule has 0 aliphatic rings. The second-order valence-corrected chi connectivity index (χ2v) is 4.99. The normalized spacial score (nSPS) is 10.9. The number of halogens is 2. The number of hydrogen-bond donors (Lipinski definition) is 2. The molecule has 2 N–H and O–H groups in total. The van der Waals surface area contributed by atoms with Gasteiger partial charge in [-0.3, -0.25) is 0 Å². The van der Waals surface area contributed by atoms with E-state index in [1.807, 2.05) is 19.9 Å².